The third-order valence-electron chi connectivity index (χ3n) is 3.49. The van der Waals surface area contributed by atoms with E-state index in [-0.39, 0.29) is 18.3 Å². The molecule has 0 fully saturated rings. The van der Waals surface area contributed by atoms with Gasteiger partial charge in [0.15, 0.2) is 0 Å². The van der Waals surface area contributed by atoms with E-state index >= 15 is 0 Å². The molecule has 6 heteroatoms. The van der Waals surface area contributed by atoms with Crippen LogP contribution in [0.2, 0.25) is 0 Å². The molecular formula is C16H22N2O3S. The van der Waals surface area contributed by atoms with Crippen LogP contribution in [-0.2, 0) is 16.4 Å². The number of nitrogens with one attached hydrogen (secondary N) is 1. The van der Waals surface area contributed by atoms with Crippen LogP contribution in [0, 0.1) is 0 Å². The molecule has 1 atom stereocenters. The summed E-state index contributed by atoms with van der Waals surface area (Å²) >= 11 is 0. The van der Waals surface area contributed by atoms with E-state index in [0.29, 0.717) is 6.42 Å². The number of hydrogen-bond acceptors (Lipinski definition) is 4. The summed E-state index contributed by atoms with van der Waals surface area (Å²) < 4.78 is 32.3. The fourth-order valence-electron chi connectivity index (χ4n) is 2.19. The lowest BCUT2D eigenvalue weighted by molar-refractivity contribution is 0.259. The lowest BCUT2D eigenvalue weighted by atomic mass is 10.2. The van der Waals surface area contributed by atoms with E-state index in [4.69, 9.17) is 4.42 Å². The van der Waals surface area contributed by atoms with E-state index in [1.54, 1.807) is 12.3 Å². The van der Waals surface area contributed by atoms with Crippen molar-refractivity contribution in [3.05, 3.63) is 60.1 Å². The predicted molar refractivity (Wildman–Crippen MR) is 87.1 cm³/mol. The number of benzene rings is 1. The maximum atomic E-state index is 12.1. The Hall–Kier alpha value is -1.63. The molecule has 1 aromatic carbocycles. The van der Waals surface area contributed by atoms with Gasteiger partial charge in [0, 0.05) is 6.54 Å². The van der Waals surface area contributed by atoms with E-state index in [0.717, 1.165) is 11.3 Å². The average molecular weight is 322 g/mol. The summed E-state index contributed by atoms with van der Waals surface area (Å²) in [6.45, 7) is 0.289. The van der Waals surface area contributed by atoms with E-state index in [2.05, 4.69) is 4.72 Å². The van der Waals surface area contributed by atoms with Crippen LogP contribution < -0.4 is 4.72 Å². The highest BCUT2D eigenvalue weighted by atomic mass is 32.2. The van der Waals surface area contributed by atoms with Gasteiger partial charge in [-0.1, -0.05) is 30.3 Å². The second kappa shape index (κ2) is 7.58. The molecule has 2 aromatic rings. The minimum atomic E-state index is -3.32. The van der Waals surface area contributed by atoms with E-state index in [1.807, 2.05) is 55.4 Å². The predicted octanol–water partition coefficient (Wildman–Crippen LogP) is 2.04. The van der Waals surface area contributed by atoms with Crippen LogP contribution in [0.25, 0.3) is 0 Å². The summed E-state index contributed by atoms with van der Waals surface area (Å²) in [5.41, 5.74) is 1.02. The van der Waals surface area contributed by atoms with Gasteiger partial charge in [-0.05, 0) is 38.2 Å². The number of nitrogens with zero attached hydrogens (tertiary/aromatic N) is 1. The van der Waals surface area contributed by atoms with Crippen molar-refractivity contribution in [1.29, 1.82) is 0 Å². The Morgan fingerprint density at radius 2 is 1.86 bits per heavy atom. The van der Waals surface area contributed by atoms with Gasteiger partial charge < -0.3 is 4.42 Å². The molecule has 0 bridgehead atoms. The van der Waals surface area contributed by atoms with Crippen molar-refractivity contribution < 1.29 is 12.8 Å². The second-order valence-corrected chi connectivity index (χ2v) is 7.32. The van der Waals surface area contributed by atoms with Crippen molar-refractivity contribution in [2.75, 3.05) is 26.4 Å². The van der Waals surface area contributed by atoms with Crippen LogP contribution in [-0.4, -0.2) is 39.7 Å². The normalized spacial score (nSPS) is 13.4. The Morgan fingerprint density at radius 3 is 2.45 bits per heavy atom. The largest absolute Gasteiger partial charge is 0.468 e. The molecular weight excluding hydrogens is 300 g/mol. The Labute approximate surface area is 132 Å². The third-order valence-corrected chi connectivity index (χ3v) is 4.84. The van der Waals surface area contributed by atoms with Gasteiger partial charge in [-0.25, -0.2) is 13.1 Å². The van der Waals surface area contributed by atoms with Crippen molar-refractivity contribution in [2.24, 2.45) is 0 Å². The van der Waals surface area contributed by atoms with Gasteiger partial charge in [0.25, 0.3) is 0 Å². The minimum absolute atomic E-state index is 0.0787. The summed E-state index contributed by atoms with van der Waals surface area (Å²) in [5.74, 6) is 0.825. The lowest BCUT2D eigenvalue weighted by Gasteiger charge is -2.22. The van der Waals surface area contributed by atoms with Crippen LogP contribution in [0.4, 0.5) is 0 Å². The zero-order valence-electron chi connectivity index (χ0n) is 12.9. The first-order valence-corrected chi connectivity index (χ1v) is 8.84. The zero-order chi connectivity index (χ0) is 16.0. The van der Waals surface area contributed by atoms with E-state index in [1.165, 1.54) is 0 Å². The summed E-state index contributed by atoms with van der Waals surface area (Å²) in [7, 11) is 0.471. The van der Waals surface area contributed by atoms with Crippen molar-refractivity contribution >= 4 is 10.0 Å². The summed E-state index contributed by atoms with van der Waals surface area (Å²) in [6.07, 6.45) is 2.10. The fourth-order valence-corrected chi connectivity index (χ4v) is 3.25. The molecule has 0 aliphatic rings. The minimum Gasteiger partial charge on any atom is -0.468 e. The van der Waals surface area contributed by atoms with Gasteiger partial charge in [0.2, 0.25) is 10.0 Å². The van der Waals surface area contributed by atoms with Crippen molar-refractivity contribution in [3.8, 4) is 0 Å². The van der Waals surface area contributed by atoms with Gasteiger partial charge in [-0.2, -0.15) is 0 Å². The summed E-state index contributed by atoms with van der Waals surface area (Å²) in [4.78, 5) is 1.93. The summed E-state index contributed by atoms with van der Waals surface area (Å²) in [5, 5.41) is 0. The third kappa shape index (κ3) is 4.98. The lowest BCUT2D eigenvalue weighted by Crippen LogP contribution is -2.35. The average Bonchev–Trinajstić information content (AvgIpc) is 3.00. The van der Waals surface area contributed by atoms with Gasteiger partial charge in [-0.15, -0.1) is 0 Å². The van der Waals surface area contributed by atoms with Gasteiger partial charge in [0.05, 0.1) is 18.1 Å². The smallest absolute Gasteiger partial charge is 0.211 e. The Kier molecular flexibility index (Phi) is 5.76. The van der Waals surface area contributed by atoms with Crippen LogP contribution in [0.3, 0.4) is 0 Å². The fraction of sp³-hybridized carbons (Fsp3) is 0.375. The molecule has 0 unspecified atom stereocenters. The molecule has 2 rings (SSSR count). The first-order chi connectivity index (χ1) is 10.5. The van der Waals surface area contributed by atoms with Crippen molar-refractivity contribution in [1.82, 2.24) is 9.62 Å². The highest BCUT2D eigenvalue weighted by molar-refractivity contribution is 7.89. The first-order valence-electron chi connectivity index (χ1n) is 7.19. The first kappa shape index (κ1) is 16.7. The molecule has 0 spiro atoms. The molecule has 0 aliphatic heterocycles. The maximum Gasteiger partial charge on any atom is 0.211 e. The molecule has 5 nitrogen and oxygen atoms in total. The molecule has 0 amide bonds. The Bertz CT molecular complexity index is 652. The Morgan fingerprint density at radius 1 is 1.14 bits per heavy atom. The van der Waals surface area contributed by atoms with Crippen molar-refractivity contribution in [2.45, 2.75) is 12.5 Å². The molecule has 1 aromatic heterocycles. The topological polar surface area (TPSA) is 62.6 Å². The summed E-state index contributed by atoms with van der Waals surface area (Å²) in [6, 6.07) is 13.1. The van der Waals surface area contributed by atoms with Crippen LogP contribution in [0.15, 0.2) is 53.1 Å². The molecule has 120 valence electrons. The highest BCUT2D eigenvalue weighted by Gasteiger charge is 2.20. The molecule has 22 heavy (non-hydrogen) atoms. The molecule has 0 saturated heterocycles. The zero-order valence-corrected chi connectivity index (χ0v) is 13.7. The van der Waals surface area contributed by atoms with Crippen LogP contribution in [0.5, 0.6) is 0 Å². The van der Waals surface area contributed by atoms with Crippen molar-refractivity contribution in [3.63, 3.8) is 0 Å². The standard InChI is InChI=1S/C16H22N2O3S/c1-18(2)15(16-9-6-11-21-16)13-17-22(19,20)12-10-14-7-4-3-5-8-14/h3-9,11,15,17H,10,12-13H2,1-2H3/t15-/m0/s1. The van der Waals surface area contributed by atoms with E-state index in [9.17, 15) is 8.42 Å². The van der Waals surface area contributed by atoms with Crippen LogP contribution in [0.1, 0.15) is 17.4 Å². The number of likely N-dealkylation sites (N-methyl/N-ethyl adjacent to an activating group) is 1. The number of furan rings is 1. The Balaban J connectivity index is 1.91. The van der Waals surface area contributed by atoms with Crippen LogP contribution >= 0.6 is 0 Å². The number of sulfonamides is 1. The monoisotopic (exact) mass is 322 g/mol. The quantitative estimate of drug-likeness (QED) is 0.808. The molecule has 1 heterocycles. The van der Waals surface area contributed by atoms with Gasteiger partial charge in [0.1, 0.15) is 5.76 Å². The molecule has 0 aliphatic carbocycles. The maximum absolute atomic E-state index is 12.1. The molecule has 0 radical (unpaired) electrons. The highest BCUT2D eigenvalue weighted by Crippen LogP contribution is 2.17. The van der Waals surface area contributed by atoms with E-state index < -0.39 is 10.0 Å². The molecule has 1 N–H and O–H groups in total. The molecule has 0 saturated carbocycles. The van der Waals surface area contributed by atoms with Gasteiger partial charge >= 0.3 is 0 Å². The number of rotatable bonds is 8. The SMILES string of the molecule is CN(C)[C@@H](CNS(=O)(=O)CCc1ccccc1)c1ccco1. The van der Waals surface area contributed by atoms with Gasteiger partial charge in [-0.3, -0.25) is 4.90 Å². The number of hydrogen-bond donors (Lipinski definition) is 1. The number of aryl methyl sites for hydroxylation is 1. The second-order valence-electron chi connectivity index (χ2n) is 5.40.